The fourth-order valence-electron chi connectivity index (χ4n) is 3.71. The Morgan fingerprint density at radius 3 is 2.52 bits per heavy atom. The number of aryl methyl sites for hydroxylation is 1. The highest BCUT2D eigenvalue weighted by Crippen LogP contribution is 2.38. The highest BCUT2D eigenvalue weighted by molar-refractivity contribution is 7.17. The molecule has 2 aromatic heterocycles. The van der Waals surface area contributed by atoms with Crippen LogP contribution in [0.5, 0.6) is 0 Å². The zero-order valence-corrected chi connectivity index (χ0v) is 18.9. The number of hydrogen-bond acceptors (Lipinski definition) is 7. The number of carbonyl (C=O) groups excluding carboxylic acids is 2. The van der Waals surface area contributed by atoms with Crippen LogP contribution in [-0.2, 0) is 17.6 Å². The van der Waals surface area contributed by atoms with Gasteiger partial charge >= 0.3 is 0 Å². The number of primary amides is 1. The minimum Gasteiger partial charge on any atom is -0.365 e. The van der Waals surface area contributed by atoms with Crippen LogP contribution in [0.15, 0.2) is 42.0 Å². The lowest BCUT2D eigenvalue weighted by Crippen LogP contribution is -2.19. The van der Waals surface area contributed by atoms with Gasteiger partial charge in [-0.25, -0.2) is 0 Å². The average molecular weight is 479 g/mol. The molecule has 8 nitrogen and oxygen atoms in total. The molecular weight excluding hydrogens is 460 g/mol. The number of nitro benzene ring substituents is 1. The zero-order valence-electron chi connectivity index (χ0n) is 17.3. The second-order valence-corrected chi connectivity index (χ2v) is 9.63. The minimum atomic E-state index is -0.608. The van der Waals surface area contributed by atoms with Crippen molar-refractivity contribution >= 4 is 51.3 Å². The van der Waals surface area contributed by atoms with E-state index in [9.17, 15) is 25.0 Å². The van der Waals surface area contributed by atoms with E-state index in [0.717, 1.165) is 46.6 Å². The van der Waals surface area contributed by atoms with E-state index in [4.69, 9.17) is 5.73 Å². The van der Waals surface area contributed by atoms with Gasteiger partial charge in [0.25, 0.3) is 17.5 Å². The molecule has 3 aromatic rings. The van der Waals surface area contributed by atoms with Gasteiger partial charge in [0.15, 0.2) is 0 Å². The van der Waals surface area contributed by atoms with E-state index in [1.807, 2.05) is 12.1 Å². The van der Waals surface area contributed by atoms with Crippen molar-refractivity contribution in [2.24, 2.45) is 5.73 Å². The Labute approximate surface area is 197 Å². The molecule has 3 N–H and O–H groups in total. The zero-order chi connectivity index (χ0) is 23.5. The fourth-order valence-corrected chi connectivity index (χ4v) is 5.96. The third-order valence-corrected chi connectivity index (χ3v) is 7.57. The van der Waals surface area contributed by atoms with E-state index >= 15 is 0 Å². The van der Waals surface area contributed by atoms with Crippen LogP contribution in [0.2, 0.25) is 0 Å². The van der Waals surface area contributed by atoms with Gasteiger partial charge in [-0.3, -0.25) is 19.7 Å². The van der Waals surface area contributed by atoms with Crippen molar-refractivity contribution in [1.82, 2.24) is 0 Å². The van der Waals surface area contributed by atoms with Crippen molar-refractivity contribution in [3.8, 4) is 16.5 Å². The quantitative estimate of drug-likeness (QED) is 0.224. The number of thiophene rings is 2. The van der Waals surface area contributed by atoms with Crippen molar-refractivity contribution in [1.29, 1.82) is 5.26 Å². The molecule has 33 heavy (non-hydrogen) atoms. The van der Waals surface area contributed by atoms with Crippen LogP contribution in [0.25, 0.3) is 16.5 Å². The summed E-state index contributed by atoms with van der Waals surface area (Å²) in [6.45, 7) is 0. The Hall–Kier alpha value is -3.81. The first-order valence-electron chi connectivity index (χ1n) is 10.1. The minimum absolute atomic E-state index is 0.00412. The first kappa shape index (κ1) is 22.4. The maximum absolute atomic E-state index is 12.8. The van der Waals surface area contributed by atoms with Gasteiger partial charge in [-0.1, -0.05) is 0 Å². The number of carbonyl (C=O) groups is 2. The van der Waals surface area contributed by atoms with Crippen molar-refractivity contribution in [3.05, 3.63) is 73.0 Å². The molecule has 2 amide bonds. The average Bonchev–Trinajstić information content (AvgIpc) is 3.41. The number of hydrogen-bond donors (Lipinski definition) is 2. The summed E-state index contributed by atoms with van der Waals surface area (Å²) in [7, 11) is 0. The summed E-state index contributed by atoms with van der Waals surface area (Å²) in [5, 5.41) is 23.5. The normalized spacial score (nSPS) is 13.1. The number of nitrogens with zero attached hydrogens (tertiary/aromatic N) is 2. The van der Waals surface area contributed by atoms with Gasteiger partial charge < -0.3 is 11.1 Å². The summed E-state index contributed by atoms with van der Waals surface area (Å²) in [4.78, 5) is 37.8. The van der Waals surface area contributed by atoms with E-state index in [1.54, 1.807) is 18.2 Å². The van der Waals surface area contributed by atoms with E-state index in [1.165, 1.54) is 40.9 Å². The lowest BCUT2D eigenvalue weighted by atomic mass is 9.95. The Kier molecular flexibility index (Phi) is 6.35. The molecule has 10 heteroatoms. The number of anilines is 1. The Balaban J connectivity index is 1.56. The van der Waals surface area contributed by atoms with Crippen LogP contribution >= 0.6 is 22.7 Å². The first-order valence-corrected chi connectivity index (χ1v) is 11.7. The molecular formula is C23H18N4O4S2. The van der Waals surface area contributed by atoms with Gasteiger partial charge in [0, 0.05) is 26.8 Å². The molecule has 0 radical (unpaired) electrons. The largest absolute Gasteiger partial charge is 0.365 e. The van der Waals surface area contributed by atoms with Gasteiger partial charge in [0.2, 0.25) is 0 Å². The van der Waals surface area contributed by atoms with Gasteiger partial charge in [-0.15, -0.1) is 22.7 Å². The lowest BCUT2D eigenvalue weighted by molar-refractivity contribution is -0.384. The third-order valence-electron chi connectivity index (χ3n) is 5.29. The summed E-state index contributed by atoms with van der Waals surface area (Å²) in [5.74, 6) is -1.19. The van der Waals surface area contributed by atoms with Crippen molar-refractivity contribution in [3.63, 3.8) is 0 Å². The fraction of sp³-hybridized carbons (Fsp3) is 0.174. The lowest BCUT2D eigenvalue weighted by Gasteiger charge is -2.11. The molecule has 0 fully saturated rings. The van der Waals surface area contributed by atoms with Crippen LogP contribution in [0, 0.1) is 21.4 Å². The molecule has 166 valence electrons. The molecule has 1 aliphatic rings. The van der Waals surface area contributed by atoms with Crippen molar-refractivity contribution in [2.45, 2.75) is 25.7 Å². The molecule has 0 spiro atoms. The maximum atomic E-state index is 12.8. The Bertz CT molecular complexity index is 1330. The molecule has 1 aliphatic carbocycles. The SMILES string of the molecule is N#CC(=Cc1ccc(-c2ccc([N+](=O)[O-])cc2)s1)C(=O)Nc1sc2c(c1C(N)=O)CCCC2. The number of nitrogens with one attached hydrogen (secondary N) is 1. The van der Waals surface area contributed by atoms with Crippen LogP contribution in [0.1, 0.15) is 38.5 Å². The monoisotopic (exact) mass is 478 g/mol. The van der Waals surface area contributed by atoms with Gasteiger partial charge in [-0.05, 0) is 67.2 Å². The van der Waals surface area contributed by atoms with Crippen molar-refractivity contribution < 1.29 is 14.5 Å². The second-order valence-electron chi connectivity index (χ2n) is 7.41. The van der Waals surface area contributed by atoms with Gasteiger partial charge in [-0.2, -0.15) is 5.26 Å². The number of benzene rings is 1. The van der Waals surface area contributed by atoms with E-state index in [-0.39, 0.29) is 11.3 Å². The third kappa shape index (κ3) is 4.69. The standard InChI is InChI=1S/C23H18N4O4S2/c24-12-14(11-16-9-10-18(32-16)13-5-7-15(8-6-13)27(30)31)22(29)26-23-20(21(25)28)17-3-1-2-4-19(17)33-23/h5-11H,1-4H2,(H2,25,28)(H,26,29). The molecule has 0 aliphatic heterocycles. The summed E-state index contributed by atoms with van der Waals surface area (Å²) in [6.07, 6.45) is 5.07. The number of nitro groups is 1. The number of amides is 2. The molecule has 1 aromatic carbocycles. The summed E-state index contributed by atoms with van der Waals surface area (Å²) < 4.78 is 0. The van der Waals surface area contributed by atoms with Crippen LogP contribution in [0.3, 0.4) is 0 Å². The van der Waals surface area contributed by atoms with E-state index in [2.05, 4.69) is 5.32 Å². The first-order chi connectivity index (χ1) is 15.9. The molecule has 0 atom stereocenters. The summed E-state index contributed by atoms with van der Waals surface area (Å²) in [6, 6.07) is 11.7. The van der Waals surface area contributed by atoms with E-state index < -0.39 is 16.7 Å². The number of fused-ring (bicyclic) bond motifs is 1. The number of non-ortho nitro benzene ring substituents is 1. The maximum Gasteiger partial charge on any atom is 0.269 e. The molecule has 0 bridgehead atoms. The van der Waals surface area contributed by atoms with Crippen LogP contribution in [-0.4, -0.2) is 16.7 Å². The predicted octanol–water partition coefficient (Wildman–Crippen LogP) is 4.91. The topological polar surface area (TPSA) is 139 Å². The Morgan fingerprint density at radius 1 is 1.12 bits per heavy atom. The highest BCUT2D eigenvalue weighted by atomic mass is 32.1. The highest BCUT2D eigenvalue weighted by Gasteiger charge is 2.25. The molecule has 2 heterocycles. The number of nitriles is 1. The Morgan fingerprint density at radius 2 is 1.85 bits per heavy atom. The summed E-state index contributed by atoms with van der Waals surface area (Å²) in [5.41, 5.74) is 7.52. The number of rotatable bonds is 6. The smallest absolute Gasteiger partial charge is 0.269 e. The van der Waals surface area contributed by atoms with Crippen LogP contribution < -0.4 is 11.1 Å². The van der Waals surface area contributed by atoms with E-state index in [0.29, 0.717) is 15.4 Å². The second kappa shape index (κ2) is 9.36. The number of nitrogens with two attached hydrogens (primary N) is 1. The summed E-state index contributed by atoms with van der Waals surface area (Å²) >= 11 is 2.69. The molecule has 0 saturated carbocycles. The molecule has 0 unspecified atom stereocenters. The van der Waals surface area contributed by atoms with Crippen LogP contribution in [0.4, 0.5) is 10.7 Å². The predicted molar refractivity (Wildman–Crippen MR) is 128 cm³/mol. The van der Waals surface area contributed by atoms with Gasteiger partial charge in [0.1, 0.15) is 16.6 Å². The van der Waals surface area contributed by atoms with Crippen molar-refractivity contribution in [2.75, 3.05) is 5.32 Å². The molecule has 0 saturated heterocycles. The molecule has 4 rings (SSSR count). The van der Waals surface area contributed by atoms with Gasteiger partial charge in [0.05, 0.1) is 10.5 Å².